The van der Waals surface area contributed by atoms with E-state index >= 15 is 0 Å². The molecule has 0 aromatic rings. The molecule has 0 aromatic carbocycles. The molecule has 1 saturated heterocycles. The van der Waals surface area contributed by atoms with Crippen molar-refractivity contribution in [1.29, 1.82) is 0 Å². The lowest BCUT2D eigenvalue weighted by molar-refractivity contribution is 0.00682. The molecule has 1 aliphatic carbocycles. The van der Waals surface area contributed by atoms with Crippen LogP contribution < -0.4 is 4.72 Å². The van der Waals surface area contributed by atoms with Gasteiger partial charge in [-0.15, -0.1) is 4.72 Å². The number of likely N-dealkylation sites (tertiary alicyclic amines) is 1. The minimum Gasteiger partial charge on any atom is -0.598 e. The van der Waals surface area contributed by atoms with Crippen molar-refractivity contribution in [2.24, 2.45) is 5.41 Å². The van der Waals surface area contributed by atoms with Crippen LogP contribution in [0.5, 0.6) is 0 Å². The molecule has 146 valence electrons. The van der Waals surface area contributed by atoms with Gasteiger partial charge >= 0.3 is 6.09 Å². The number of rotatable bonds is 2. The van der Waals surface area contributed by atoms with E-state index in [2.05, 4.69) is 4.72 Å². The summed E-state index contributed by atoms with van der Waals surface area (Å²) in [6.45, 7) is 12.3. The zero-order valence-electron chi connectivity index (χ0n) is 16.4. The van der Waals surface area contributed by atoms with Crippen LogP contribution in [0.1, 0.15) is 67.2 Å². The number of piperidine rings is 1. The van der Waals surface area contributed by atoms with E-state index in [4.69, 9.17) is 4.74 Å². The van der Waals surface area contributed by atoms with Crippen molar-refractivity contribution in [3.05, 3.63) is 0 Å². The van der Waals surface area contributed by atoms with Crippen LogP contribution in [0.15, 0.2) is 0 Å². The Hall–Kier alpha value is -0.530. The third-order valence-corrected chi connectivity index (χ3v) is 6.72. The second-order valence-corrected chi connectivity index (χ2v) is 11.4. The molecule has 1 heterocycles. The van der Waals surface area contributed by atoms with Crippen molar-refractivity contribution < 1.29 is 18.5 Å². The number of amides is 1. The largest absolute Gasteiger partial charge is 0.598 e. The highest BCUT2D eigenvalue weighted by Crippen LogP contribution is 2.48. The number of hydrogen-bond donors (Lipinski definition) is 1. The summed E-state index contributed by atoms with van der Waals surface area (Å²) in [7, 11) is 0. The molecule has 2 unspecified atom stereocenters. The molecule has 3 atom stereocenters. The monoisotopic (exact) mass is 376 g/mol. The third-order valence-electron chi connectivity index (χ3n) is 5.14. The van der Waals surface area contributed by atoms with Gasteiger partial charge in [0.2, 0.25) is 0 Å². The molecule has 1 N–H and O–H groups in total. The standard InChI is InChI=1S/C18H33FN2O3S/c1-16(2,3)24-15(22)21-11-9-18(10-12-21)8-7-13(19)14(18)20-25(23)17(4,5)6/h13-14,20H,7-12H2,1-6H3/t13?,14?,25-/m1/s1. The number of nitrogens with one attached hydrogen (secondary N) is 1. The minimum atomic E-state index is -1.30. The molecule has 2 fully saturated rings. The summed E-state index contributed by atoms with van der Waals surface area (Å²) < 4.78 is 35.1. The summed E-state index contributed by atoms with van der Waals surface area (Å²) in [6, 6.07) is -0.409. The fourth-order valence-corrected chi connectivity index (χ4v) is 4.63. The number of hydrogen-bond acceptors (Lipinski definition) is 4. The molecule has 0 bridgehead atoms. The van der Waals surface area contributed by atoms with Gasteiger partial charge in [0.15, 0.2) is 0 Å². The lowest BCUT2D eigenvalue weighted by atomic mass is 9.74. The smallest absolute Gasteiger partial charge is 0.410 e. The van der Waals surface area contributed by atoms with E-state index in [0.29, 0.717) is 32.4 Å². The summed E-state index contributed by atoms with van der Waals surface area (Å²) in [5.74, 6) is 0. The zero-order chi connectivity index (χ0) is 19.0. The Morgan fingerprint density at radius 1 is 1.20 bits per heavy atom. The van der Waals surface area contributed by atoms with E-state index in [9.17, 15) is 13.7 Å². The molecule has 1 aliphatic heterocycles. The number of alkyl halides is 1. The Balaban J connectivity index is 2.01. The molecule has 5 nitrogen and oxygen atoms in total. The van der Waals surface area contributed by atoms with Gasteiger partial charge in [-0.05, 0) is 72.6 Å². The Morgan fingerprint density at radius 2 is 1.76 bits per heavy atom. The highest BCUT2D eigenvalue weighted by Gasteiger charge is 2.53. The van der Waals surface area contributed by atoms with E-state index in [0.717, 1.165) is 6.42 Å². The van der Waals surface area contributed by atoms with E-state index in [1.54, 1.807) is 4.90 Å². The van der Waals surface area contributed by atoms with E-state index in [1.807, 2.05) is 41.5 Å². The van der Waals surface area contributed by atoms with Crippen LogP contribution in [0.3, 0.4) is 0 Å². The summed E-state index contributed by atoms with van der Waals surface area (Å²) in [6.07, 6.45) is 1.40. The maximum atomic E-state index is 14.5. The van der Waals surface area contributed by atoms with Crippen LogP contribution >= 0.6 is 0 Å². The number of halogens is 1. The van der Waals surface area contributed by atoms with Crippen LogP contribution in [-0.4, -0.2) is 51.2 Å². The van der Waals surface area contributed by atoms with Crippen molar-refractivity contribution in [2.75, 3.05) is 13.1 Å². The molecule has 0 radical (unpaired) electrons. The predicted octanol–water partition coefficient (Wildman–Crippen LogP) is 3.56. The van der Waals surface area contributed by atoms with Crippen LogP contribution in [-0.2, 0) is 16.1 Å². The van der Waals surface area contributed by atoms with Gasteiger partial charge in [0.05, 0.1) is 6.04 Å². The van der Waals surface area contributed by atoms with Crippen LogP contribution in [0.2, 0.25) is 0 Å². The Kier molecular flexibility index (Phi) is 6.01. The Morgan fingerprint density at radius 3 is 2.24 bits per heavy atom. The summed E-state index contributed by atoms with van der Waals surface area (Å²) in [5.41, 5.74) is -0.740. The average molecular weight is 377 g/mol. The van der Waals surface area contributed by atoms with E-state index in [1.165, 1.54) is 0 Å². The highest BCUT2D eigenvalue weighted by molar-refractivity contribution is 7.90. The number of carbonyl (C=O) groups excluding carboxylic acids is 1. The SMILES string of the molecule is CC(C)(C)OC(=O)N1CCC2(CCC(F)C2N[S@+]([O-])C(C)(C)C)CC1. The molecule has 2 aliphatic rings. The molecule has 7 heteroatoms. The van der Waals surface area contributed by atoms with Gasteiger partial charge in [-0.1, -0.05) is 0 Å². The number of carbonyl (C=O) groups is 1. The quantitative estimate of drug-likeness (QED) is 0.749. The van der Waals surface area contributed by atoms with E-state index < -0.39 is 33.9 Å². The van der Waals surface area contributed by atoms with Crippen LogP contribution in [0.25, 0.3) is 0 Å². The summed E-state index contributed by atoms with van der Waals surface area (Å²) in [5, 5.41) is 0. The molecule has 1 amide bonds. The predicted molar refractivity (Wildman–Crippen MR) is 98.4 cm³/mol. The minimum absolute atomic E-state index is 0.223. The van der Waals surface area contributed by atoms with Crippen molar-refractivity contribution >= 4 is 17.5 Å². The fourth-order valence-electron chi connectivity index (χ4n) is 3.64. The van der Waals surface area contributed by atoms with E-state index in [-0.39, 0.29) is 11.5 Å². The van der Waals surface area contributed by atoms with Gasteiger partial charge in [-0.25, -0.2) is 9.18 Å². The molecule has 1 spiro atoms. The first-order chi connectivity index (χ1) is 11.3. The van der Waals surface area contributed by atoms with Gasteiger partial charge in [-0.2, -0.15) is 0 Å². The van der Waals surface area contributed by atoms with Crippen LogP contribution in [0.4, 0.5) is 9.18 Å². The number of nitrogens with zero attached hydrogens (tertiary/aromatic N) is 1. The lowest BCUT2D eigenvalue weighted by Gasteiger charge is -2.43. The molecular weight excluding hydrogens is 343 g/mol. The van der Waals surface area contributed by atoms with Gasteiger partial charge < -0.3 is 14.2 Å². The van der Waals surface area contributed by atoms with Crippen molar-refractivity contribution in [1.82, 2.24) is 9.62 Å². The molecule has 0 aromatic heterocycles. The first-order valence-electron chi connectivity index (χ1n) is 9.14. The summed E-state index contributed by atoms with van der Waals surface area (Å²) >= 11 is -1.30. The maximum absolute atomic E-state index is 14.5. The molecule has 25 heavy (non-hydrogen) atoms. The second-order valence-electron chi connectivity index (χ2n) is 9.36. The van der Waals surface area contributed by atoms with Crippen molar-refractivity contribution in [2.45, 2.75) is 89.8 Å². The average Bonchev–Trinajstić information content (AvgIpc) is 2.75. The van der Waals surface area contributed by atoms with Crippen molar-refractivity contribution in [3.8, 4) is 0 Å². The molecular formula is C18H33FN2O3S. The Labute approximate surface area is 154 Å². The molecule has 2 rings (SSSR count). The van der Waals surface area contributed by atoms with Gasteiger partial charge in [-0.3, -0.25) is 0 Å². The van der Waals surface area contributed by atoms with Gasteiger partial charge in [0, 0.05) is 24.5 Å². The third kappa shape index (κ3) is 5.01. The first-order valence-corrected chi connectivity index (χ1v) is 10.3. The first kappa shape index (κ1) is 20.8. The topological polar surface area (TPSA) is 64.6 Å². The van der Waals surface area contributed by atoms with Crippen LogP contribution in [0, 0.1) is 5.41 Å². The fraction of sp³-hybridized carbons (Fsp3) is 0.944. The normalized spacial score (nSPS) is 28.2. The second kappa shape index (κ2) is 7.24. The van der Waals surface area contributed by atoms with Gasteiger partial charge in [0.25, 0.3) is 0 Å². The zero-order valence-corrected chi connectivity index (χ0v) is 17.2. The summed E-state index contributed by atoms with van der Waals surface area (Å²) in [4.78, 5) is 13.9. The highest BCUT2D eigenvalue weighted by atomic mass is 32.2. The van der Waals surface area contributed by atoms with Gasteiger partial charge in [0.1, 0.15) is 16.5 Å². The Bertz CT molecular complexity index is 482. The van der Waals surface area contributed by atoms with Crippen molar-refractivity contribution in [3.63, 3.8) is 0 Å². The molecule has 1 saturated carbocycles. The lowest BCUT2D eigenvalue weighted by Crippen LogP contribution is -2.56. The number of ether oxygens (including phenoxy) is 1. The maximum Gasteiger partial charge on any atom is 0.410 e.